The largest absolute Gasteiger partial charge is 0.497 e. The highest BCUT2D eigenvalue weighted by Gasteiger charge is 2.33. The number of amides is 2. The summed E-state index contributed by atoms with van der Waals surface area (Å²) in [5, 5.41) is 3.41. The van der Waals surface area contributed by atoms with Crippen LogP contribution in [0.5, 0.6) is 5.75 Å². The molecule has 208 valence electrons. The zero-order valence-corrected chi connectivity index (χ0v) is 23.9. The summed E-state index contributed by atoms with van der Waals surface area (Å²) in [4.78, 5) is 28.6. The van der Waals surface area contributed by atoms with E-state index >= 15 is 0 Å². The number of nitrogens with one attached hydrogen (secondary N) is 1. The highest BCUT2D eigenvalue weighted by atomic mass is 35.5. The molecule has 39 heavy (non-hydrogen) atoms. The molecule has 0 aliphatic carbocycles. The van der Waals surface area contributed by atoms with Crippen LogP contribution in [-0.2, 0) is 26.2 Å². The second-order valence-corrected chi connectivity index (χ2v) is 11.2. The molecule has 3 aromatic carbocycles. The van der Waals surface area contributed by atoms with E-state index in [2.05, 4.69) is 5.32 Å². The van der Waals surface area contributed by atoms with Crippen LogP contribution in [0, 0.1) is 0 Å². The number of carbonyl (C=O) groups excluding carboxylic acids is 2. The standard InChI is InChI=1S/C29H34ClN3O5S/c1-4-18-31-29(35)27(5-2)32(20-22-14-16-23(30)17-15-22)28(34)21-33(24-10-9-11-25(19-24)38-3)39(36,37)26-12-7-6-8-13-26/h6-17,19,27H,4-5,18,20-21H2,1-3H3,(H,31,35)/t27-/m0/s1. The Morgan fingerprint density at radius 3 is 2.28 bits per heavy atom. The highest BCUT2D eigenvalue weighted by molar-refractivity contribution is 7.92. The molecule has 0 radical (unpaired) electrons. The Morgan fingerprint density at radius 2 is 1.67 bits per heavy atom. The first-order valence-corrected chi connectivity index (χ1v) is 14.6. The van der Waals surface area contributed by atoms with Crippen molar-refractivity contribution in [3.05, 3.63) is 89.4 Å². The first-order chi connectivity index (χ1) is 18.7. The minimum absolute atomic E-state index is 0.0394. The predicted octanol–water partition coefficient (Wildman–Crippen LogP) is 4.88. The van der Waals surface area contributed by atoms with Crippen LogP contribution in [-0.4, -0.2) is 51.4 Å². The van der Waals surface area contributed by atoms with Crippen molar-refractivity contribution in [2.45, 2.75) is 44.2 Å². The van der Waals surface area contributed by atoms with E-state index in [4.69, 9.17) is 16.3 Å². The fourth-order valence-electron chi connectivity index (χ4n) is 4.09. The Labute approximate surface area is 235 Å². The van der Waals surface area contributed by atoms with Crippen LogP contribution in [0.3, 0.4) is 0 Å². The van der Waals surface area contributed by atoms with Gasteiger partial charge in [-0.15, -0.1) is 0 Å². The van der Waals surface area contributed by atoms with E-state index in [1.807, 2.05) is 13.8 Å². The molecule has 0 heterocycles. The van der Waals surface area contributed by atoms with Gasteiger partial charge in [0.25, 0.3) is 10.0 Å². The molecule has 2 amide bonds. The molecule has 0 unspecified atom stereocenters. The van der Waals surface area contributed by atoms with Crippen molar-refractivity contribution in [2.75, 3.05) is 24.5 Å². The molecule has 8 nitrogen and oxygen atoms in total. The lowest BCUT2D eigenvalue weighted by Gasteiger charge is -2.33. The maximum atomic E-state index is 14.0. The lowest BCUT2D eigenvalue weighted by molar-refractivity contribution is -0.140. The van der Waals surface area contributed by atoms with Crippen LogP contribution in [0.1, 0.15) is 32.3 Å². The average Bonchev–Trinajstić information content (AvgIpc) is 2.95. The van der Waals surface area contributed by atoms with Gasteiger partial charge in [-0.25, -0.2) is 8.42 Å². The van der Waals surface area contributed by atoms with E-state index in [1.165, 1.54) is 24.1 Å². The molecule has 1 N–H and O–H groups in total. The van der Waals surface area contributed by atoms with E-state index in [1.54, 1.807) is 66.7 Å². The van der Waals surface area contributed by atoms with Crippen molar-refractivity contribution < 1.29 is 22.7 Å². The van der Waals surface area contributed by atoms with Crippen LogP contribution in [0.2, 0.25) is 5.02 Å². The first-order valence-electron chi connectivity index (χ1n) is 12.7. The molecule has 1 atom stereocenters. The Hall–Kier alpha value is -3.56. The second kappa shape index (κ2) is 14.0. The van der Waals surface area contributed by atoms with Gasteiger partial charge in [-0.2, -0.15) is 0 Å². The van der Waals surface area contributed by atoms with Gasteiger partial charge in [0, 0.05) is 24.2 Å². The molecular formula is C29H34ClN3O5S. The van der Waals surface area contributed by atoms with Crippen LogP contribution in [0.25, 0.3) is 0 Å². The van der Waals surface area contributed by atoms with E-state index < -0.39 is 28.5 Å². The van der Waals surface area contributed by atoms with E-state index in [0.29, 0.717) is 23.7 Å². The third-order valence-corrected chi connectivity index (χ3v) is 8.19. The summed E-state index contributed by atoms with van der Waals surface area (Å²) in [5.74, 6) is -0.372. The summed E-state index contributed by atoms with van der Waals surface area (Å²) in [7, 11) is -2.66. The third kappa shape index (κ3) is 7.74. The van der Waals surface area contributed by atoms with Crippen LogP contribution in [0.4, 0.5) is 5.69 Å². The van der Waals surface area contributed by atoms with Crippen molar-refractivity contribution in [3.8, 4) is 5.75 Å². The highest BCUT2D eigenvalue weighted by Crippen LogP contribution is 2.27. The molecule has 0 spiro atoms. The van der Waals surface area contributed by atoms with Crippen LogP contribution in [0.15, 0.2) is 83.8 Å². The molecule has 0 fully saturated rings. The van der Waals surface area contributed by atoms with Gasteiger partial charge < -0.3 is 15.0 Å². The number of carbonyl (C=O) groups is 2. The topological polar surface area (TPSA) is 96.0 Å². The smallest absolute Gasteiger partial charge is 0.264 e. The summed E-state index contributed by atoms with van der Waals surface area (Å²) in [6.07, 6.45) is 1.09. The lowest BCUT2D eigenvalue weighted by Crippen LogP contribution is -2.52. The quantitative estimate of drug-likeness (QED) is 0.315. The Balaban J connectivity index is 2.05. The van der Waals surface area contributed by atoms with Gasteiger partial charge in [-0.1, -0.05) is 61.8 Å². The van der Waals surface area contributed by atoms with Gasteiger partial charge in [0.15, 0.2) is 0 Å². The summed E-state index contributed by atoms with van der Waals surface area (Å²) in [6, 6.07) is 20.6. The van der Waals surface area contributed by atoms with Crippen molar-refractivity contribution in [3.63, 3.8) is 0 Å². The fraction of sp³-hybridized carbons (Fsp3) is 0.310. The summed E-state index contributed by atoms with van der Waals surface area (Å²) < 4.78 is 34.0. The van der Waals surface area contributed by atoms with Gasteiger partial charge in [-0.05, 0) is 54.8 Å². The maximum absolute atomic E-state index is 14.0. The number of ether oxygens (including phenoxy) is 1. The number of halogens is 1. The van der Waals surface area contributed by atoms with E-state index in [9.17, 15) is 18.0 Å². The molecule has 0 bridgehead atoms. The summed E-state index contributed by atoms with van der Waals surface area (Å²) >= 11 is 6.05. The molecule has 3 rings (SSSR count). The monoisotopic (exact) mass is 571 g/mol. The number of sulfonamides is 1. The third-order valence-electron chi connectivity index (χ3n) is 6.15. The molecule has 10 heteroatoms. The van der Waals surface area contributed by atoms with Crippen molar-refractivity contribution in [1.82, 2.24) is 10.2 Å². The van der Waals surface area contributed by atoms with Crippen molar-refractivity contribution >= 4 is 39.1 Å². The molecule has 0 saturated heterocycles. The lowest BCUT2D eigenvalue weighted by atomic mass is 10.1. The number of methoxy groups -OCH3 is 1. The Kier molecular flexibility index (Phi) is 10.8. The van der Waals surface area contributed by atoms with Crippen LogP contribution >= 0.6 is 11.6 Å². The number of anilines is 1. The second-order valence-electron chi connectivity index (χ2n) is 8.89. The van der Waals surface area contributed by atoms with E-state index in [0.717, 1.165) is 16.3 Å². The molecule has 0 aromatic heterocycles. The van der Waals surface area contributed by atoms with Gasteiger partial charge in [0.05, 0.1) is 17.7 Å². The van der Waals surface area contributed by atoms with Gasteiger partial charge >= 0.3 is 0 Å². The first kappa shape index (κ1) is 30.0. The van der Waals surface area contributed by atoms with Crippen LogP contribution < -0.4 is 14.4 Å². The predicted molar refractivity (Wildman–Crippen MR) is 153 cm³/mol. The molecule has 0 aliphatic heterocycles. The van der Waals surface area contributed by atoms with Gasteiger partial charge in [-0.3, -0.25) is 13.9 Å². The Morgan fingerprint density at radius 1 is 0.974 bits per heavy atom. The minimum Gasteiger partial charge on any atom is -0.497 e. The summed E-state index contributed by atoms with van der Waals surface area (Å²) in [6.45, 7) is 3.81. The number of hydrogen-bond acceptors (Lipinski definition) is 5. The van der Waals surface area contributed by atoms with Crippen molar-refractivity contribution in [2.24, 2.45) is 0 Å². The van der Waals surface area contributed by atoms with Gasteiger partial charge in [0.2, 0.25) is 11.8 Å². The Bertz CT molecular complexity index is 1350. The number of rotatable bonds is 13. The normalized spacial score (nSPS) is 11.9. The SMILES string of the molecule is CCCNC(=O)[C@H](CC)N(Cc1ccc(Cl)cc1)C(=O)CN(c1cccc(OC)c1)S(=O)(=O)c1ccccc1. The summed E-state index contributed by atoms with van der Waals surface area (Å²) in [5.41, 5.74) is 1.02. The molecule has 0 saturated carbocycles. The molecule has 3 aromatic rings. The number of hydrogen-bond donors (Lipinski definition) is 1. The fourth-order valence-corrected chi connectivity index (χ4v) is 5.64. The van der Waals surface area contributed by atoms with E-state index in [-0.39, 0.29) is 23.0 Å². The number of nitrogens with zero attached hydrogens (tertiary/aromatic N) is 2. The zero-order valence-electron chi connectivity index (χ0n) is 22.3. The zero-order chi connectivity index (χ0) is 28.4. The van der Waals surface area contributed by atoms with Gasteiger partial charge in [0.1, 0.15) is 18.3 Å². The van der Waals surface area contributed by atoms with Crippen molar-refractivity contribution in [1.29, 1.82) is 0 Å². The average molecular weight is 572 g/mol. The number of benzene rings is 3. The molecule has 0 aliphatic rings. The minimum atomic E-state index is -4.14. The molecular weight excluding hydrogens is 538 g/mol. The maximum Gasteiger partial charge on any atom is 0.264 e.